The smallest absolute Gasteiger partial charge is 0.323 e. The van der Waals surface area contributed by atoms with Gasteiger partial charge in [-0.3, -0.25) is 0 Å². The van der Waals surface area contributed by atoms with Crippen LogP contribution >= 0.6 is 11.6 Å². The molecule has 3 aromatic carbocycles. The highest BCUT2D eigenvalue weighted by atomic mass is 35.5. The molecule has 5 nitrogen and oxygen atoms in total. The van der Waals surface area contributed by atoms with Crippen LogP contribution in [0, 0.1) is 0 Å². The maximum atomic E-state index is 12.2. The Labute approximate surface area is 155 Å². The Morgan fingerprint density at radius 1 is 0.885 bits per heavy atom. The van der Waals surface area contributed by atoms with Crippen LogP contribution in [0.4, 0.5) is 16.2 Å². The molecule has 0 spiro atoms. The first-order valence-electron chi connectivity index (χ1n) is 8.06. The van der Waals surface area contributed by atoms with E-state index in [-0.39, 0.29) is 6.03 Å². The number of nitrogens with one attached hydrogen (secondary N) is 3. The predicted molar refractivity (Wildman–Crippen MR) is 106 cm³/mol. The molecule has 0 saturated carbocycles. The maximum Gasteiger partial charge on any atom is 0.323 e. The number of amides is 2. The topological polar surface area (TPSA) is 69.8 Å². The quantitative estimate of drug-likeness (QED) is 0.448. The fraction of sp³-hybridized carbons (Fsp3) is 0. The van der Waals surface area contributed by atoms with E-state index >= 15 is 0 Å². The van der Waals surface area contributed by atoms with E-state index in [1.807, 2.05) is 48.5 Å². The van der Waals surface area contributed by atoms with Crippen molar-refractivity contribution in [3.05, 3.63) is 77.8 Å². The summed E-state index contributed by atoms with van der Waals surface area (Å²) in [4.78, 5) is 20.1. The number of para-hydroxylation sites is 2. The number of aromatic amines is 1. The van der Waals surface area contributed by atoms with Gasteiger partial charge in [0.15, 0.2) is 0 Å². The van der Waals surface area contributed by atoms with E-state index in [1.165, 1.54) is 0 Å². The lowest BCUT2D eigenvalue weighted by atomic mass is 10.2. The predicted octanol–water partition coefficient (Wildman–Crippen LogP) is 5.53. The first kappa shape index (κ1) is 16.2. The largest absolute Gasteiger partial charge is 0.338 e. The van der Waals surface area contributed by atoms with Crippen molar-refractivity contribution in [2.24, 2.45) is 0 Å². The van der Waals surface area contributed by atoms with Crippen LogP contribution in [0.15, 0.2) is 72.8 Å². The Morgan fingerprint density at radius 3 is 2.38 bits per heavy atom. The number of imidazole rings is 1. The second kappa shape index (κ2) is 6.90. The summed E-state index contributed by atoms with van der Waals surface area (Å²) in [6.45, 7) is 0. The van der Waals surface area contributed by atoms with Crippen molar-refractivity contribution in [2.75, 3.05) is 10.6 Å². The van der Waals surface area contributed by atoms with Crippen LogP contribution in [0.3, 0.4) is 0 Å². The Kier molecular flexibility index (Phi) is 4.29. The Hall–Kier alpha value is -3.31. The third kappa shape index (κ3) is 3.53. The van der Waals surface area contributed by atoms with Crippen LogP contribution in [0.1, 0.15) is 0 Å². The number of fused-ring (bicyclic) bond motifs is 1. The minimum absolute atomic E-state index is 0.339. The molecule has 26 heavy (non-hydrogen) atoms. The minimum Gasteiger partial charge on any atom is -0.338 e. The number of nitrogens with zero attached hydrogens (tertiary/aromatic N) is 1. The first-order valence-corrected chi connectivity index (χ1v) is 8.44. The summed E-state index contributed by atoms with van der Waals surface area (Å²) in [5, 5.41) is 6.14. The van der Waals surface area contributed by atoms with Gasteiger partial charge in [-0.05, 0) is 42.5 Å². The number of rotatable bonds is 3. The van der Waals surface area contributed by atoms with E-state index in [2.05, 4.69) is 20.6 Å². The fourth-order valence-corrected chi connectivity index (χ4v) is 2.88. The van der Waals surface area contributed by atoms with Crippen LogP contribution in [0.5, 0.6) is 0 Å². The van der Waals surface area contributed by atoms with Crippen molar-refractivity contribution in [1.29, 1.82) is 0 Å². The van der Waals surface area contributed by atoms with Crippen LogP contribution in [-0.2, 0) is 0 Å². The zero-order chi connectivity index (χ0) is 17.9. The van der Waals surface area contributed by atoms with E-state index in [4.69, 9.17) is 11.6 Å². The molecular weight excluding hydrogens is 348 g/mol. The van der Waals surface area contributed by atoms with Gasteiger partial charge in [0.2, 0.25) is 0 Å². The third-order valence-corrected chi connectivity index (χ3v) is 4.10. The molecule has 1 heterocycles. The summed E-state index contributed by atoms with van der Waals surface area (Å²) < 4.78 is 0. The minimum atomic E-state index is -0.339. The second-order valence-electron chi connectivity index (χ2n) is 5.77. The molecule has 4 aromatic rings. The molecule has 0 aliphatic carbocycles. The van der Waals surface area contributed by atoms with Gasteiger partial charge in [0.25, 0.3) is 0 Å². The summed E-state index contributed by atoms with van der Waals surface area (Å²) in [5.74, 6) is 0.755. The van der Waals surface area contributed by atoms with Gasteiger partial charge >= 0.3 is 6.03 Å². The Morgan fingerprint density at radius 2 is 1.62 bits per heavy atom. The van der Waals surface area contributed by atoms with Crippen molar-refractivity contribution >= 4 is 40.0 Å². The molecule has 0 radical (unpaired) electrons. The number of halogens is 1. The van der Waals surface area contributed by atoms with E-state index in [9.17, 15) is 4.79 Å². The van der Waals surface area contributed by atoms with Crippen molar-refractivity contribution in [3.8, 4) is 11.4 Å². The first-order chi connectivity index (χ1) is 12.7. The van der Waals surface area contributed by atoms with Gasteiger partial charge in [0.1, 0.15) is 5.82 Å². The molecular formula is C20H15ClN4O. The second-order valence-corrected chi connectivity index (χ2v) is 6.21. The molecule has 1 aromatic heterocycles. The Balaban J connectivity index is 1.53. The van der Waals surface area contributed by atoms with Gasteiger partial charge in [-0.25, -0.2) is 9.78 Å². The number of aromatic nitrogens is 2. The molecule has 0 unspecified atom stereocenters. The third-order valence-electron chi connectivity index (χ3n) is 3.87. The number of anilines is 2. The standard InChI is InChI=1S/C20H15ClN4O/c21-14-6-4-8-16(12-14)23-20(26)22-15-7-3-5-13(11-15)19-24-17-9-1-2-10-18(17)25-19/h1-12H,(H,24,25)(H2,22,23,26). The maximum absolute atomic E-state index is 12.2. The molecule has 3 N–H and O–H groups in total. The molecule has 0 fully saturated rings. The lowest BCUT2D eigenvalue weighted by Gasteiger charge is -2.08. The molecule has 2 amide bonds. The van der Waals surface area contributed by atoms with Gasteiger partial charge in [0, 0.05) is 22.0 Å². The monoisotopic (exact) mass is 362 g/mol. The molecule has 0 aliphatic heterocycles. The summed E-state index contributed by atoms with van der Waals surface area (Å²) >= 11 is 5.93. The average molecular weight is 363 g/mol. The lowest BCUT2D eigenvalue weighted by Crippen LogP contribution is -2.19. The summed E-state index contributed by atoms with van der Waals surface area (Å²) in [6, 6.07) is 22.0. The number of hydrogen-bond donors (Lipinski definition) is 3. The van der Waals surface area contributed by atoms with E-state index in [0.717, 1.165) is 22.4 Å². The van der Waals surface area contributed by atoms with Gasteiger partial charge in [-0.1, -0.05) is 41.9 Å². The van der Waals surface area contributed by atoms with Crippen LogP contribution in [-0.4, -0.2) is 16.0 Å². The summed E-state index contributed by atoms with van der Waals surface area (Å²) in [6.07, 6.45) is 0. The molecule has 0 aliphatic rings. The number of benzene rings is 3. The molecule has 128 valence electrons. The molecule has 0 bridgehead atoms. The number of carbonyl (C=O) groups excluding carboxylic acids is 1. The highest BCUT2D eigenvalue weighted by Gasteiger charge is 2.07. The summed E-state index contributed by atoms with van der Waals surface area (Å²) in [7, 11) is 0. The zero-order valence-electron chi connectivity index (χ0n) is 13.7. The fourth-order valence-electron chi connectivity index (χ4n) is 2.69. The number of carbonyl (C=O) groups is 1. The normalized spacial score (nSPS) is 10.7. The van der Waals surface area contributed by atoms with Crippen molar-refractivity contribution in [1.82, 2.24) is 9.97 Å². The average Bonchev–Trinajstić information content (AvgIpc) is 3.06. The van der Waals surface area contributed by atoms with Gasteiger partial charge < -0.3 is 15.6 Å². The molecule has 4 rings (SSSR count). The van der Waals surface area contributed by atoms with E-state index in [1.54, 1.807) is 24.3 Å². The van der Waals surface area contributed by atoms with Crippen LogP contribution < -0.4 is 10.6 Å². The van der Waals surface area contributed by atoms with Gasteiger partial charge in [-0.2, -0.15) is 0 Å². The van der Waals surface area contributed by atoms with Crippen molar-refractivity contribution in [2.45, 2.75) is 0 Å². The highest BCUT2D eigenvalue weighted by molar-refractivity contribution is 6.30. The molecule has 6 heteroatoms. The van der Waals surface area contributed by atoms with E-state index < -0.39 is 0 Å². The van der Waals surface area contributed by atoms with Gasteiger partial charge in [-0.15, -0.1) is 0 Å². The Bertz CT molecular complexity index is 1060. The van der Waals surface area contributed by atoms with Crippen molar-refractivity contribution < 1.29 is 4.79 Å². The zero-order valence-corrected chi connectivity index (χ0v) is 14.4. The number of hydrogen-bond acceptors (Lipinski definition) is 2. The van der Waals surface area contributed by atoms with Gasteiger partial charge in [0.05, 0.1) is 11.0 Å². The lowest BCUT2D eigenvalue weighted by molar-refractivity contribution is 0.262. The SMILES string of the molecule is O=C(Nc1cccc(Cl)c1)Nc1cccc(-c2nc3ccccc3[nH]2)c1. The molecule has 0 saturated heterocycles. The molecule has 0 atom stereocenters. The highest BCUT2D eigenvalue weighted by Crippen LogP contribution is 2.23. The van der Waals surface area contributed by atoms with E-state index in [0.29, 0.717) is 16.4 Å². The van der Waals surface area contributed by atoms with Crippen LogP contribution in [0.25, 0.3) is 22.4 Å². The van der Waals surface area contributed by atoms with Crippen molar-refractivity contribution in [3.63, 3.8) is 0 Å². The summed E-state index contributed by atoms with van der Waals surface area (Å²) in [5.41, 5.74) is 4.06. The number of urea groups is 1. The van der Waals surface area contributed by atoms with Crippen LogP contribution in [0.2, 0.25) is 5.02 Å². The number of H-pyrrole nitrogens is 1.